The Morgan fingerprint density at radius 1 is 1.45 bits per heavy atom. The van der Waals surface area contributed by atoms with Gasteiger partial charge in [-0.05, 0) is 31.7 Å². The molecule has 0 bridgehead atoms. The van der Waals surface area contributed by atoms with E-state index in [9.17, 15) is 0 Å². The van der Waals surface area contributed by atoms with E-state index in [1.165, 1.54) is 24.8 Å². The van der Waals surface area contributed by atoms with Gasteiger partial charge in [-0.15, -0.1) is 24.0 Å². The van der Waals surface area contributed by atoms with Gasteiger partial charge < -0.3 is 10.2 Å². The number of aliphatic imine (C=N–C) groups is 1. The van der Waals surface area contributed by atoms with E-state index >= 15 is 0 Å². The van der Waals surface area contributed by atoms with Crippen LogP contribution in [0.15, 0.2) is 17.4 Å². The number of guanidine groups is 1. The van der Waals surface area contributed by atoms with Crippen LogP contribution in [0.5, 0.6) is 0 Å². The molecular formula is C14H24IN5. The number of aryl methyl sites for hydroxylation is 1. The van der Waals surface area contributed by atoms with Gasteiger partial charge in [0.15, 0.2) is 5.96 Å². The van der Waals surface area contributed by atoms with Crippen molar-refractivity contribution >= 4 is 29.9 Å². The van der Waals surface area contributed by atoms with Crippen molar-refractivity contribution in [2.24, 2.45) is 12.0 Å². The highest BCUT2D eigenvalue weighted by molar-refractivity contribution is 14.0. The summed E-state index contributed by atoms with van der Waals surface area (Å²) in [6.45, 7) is 5.11. The third-order valence-corrected chi connectivity index (χ3v) is 3.90. The van der Waals surface area contributed by atoms with Gasteiger partial charge in [-0.1, -0.05) is 0 Å². The molecular weight excluding hydrogens is 365 g/mol. The normalized spacial score (nSPS) is 22.8. The lowest BCUT2D eigenvalue weighted by Crippen LogP contribution is -2.41. The number of hydrogen-bond acceptors (Lipinski definition) is 2. The lowest BCUT2D eigenvalue weighted by molar-refractivity contribution is 0.484. The summed E-state index contributed by atoms with van der Waals surface area (Å²) in [7, 11) is 1.98. The second-order valence-electron chi connectivity index (χ2n) is 5.60. The van der Waals surface area contributed by atoms with Gasteiger partial charge in [0.05, 0.1) is 6.20 Å². The molecule has 1 aliphatic heterocycles. The predicted octanol–water partition coefficient (Wildman–Crippen LogP) is 1.96. The highest BCUT2D eigenvalue weighted by Gasteiger charge is 2.30. The lowest BCUT2D eigenvalue weighted by Gasteiger charge is -2.21. The van der Waals surface area contributed by atoms with Gasteiger partial charge in [0.1, 0.15) is 0 Å². The molecule has 2 heterocycles. The zero-order chi connectivity index (χ0) is 13.2. The average Bonchev–Trinajstić information content (AvgIpc) is 2.91. The topological polar surface area (TPSA) is 45.5 Å². The van der Waals surface area contributed by atoms with E-state index in [-0.39, 0.29) is 24.0 Å². The van der Waals surface area contributed by atoms with Crippen LogP contribution < -0.4 is 5.32 Å². The minimum atomic E-state index is 0. The van der Waals surface area contributed by atoms with Crippen molar-refractivity contribution in [3.8, 4) is 0 Å². The monoisotopic (exact) mass is 389 g/mol. The van der Waals surface area contributed by atoms with Crippen LogP contribution in [0.1, 0.15) is 37.7 Å². The average molecular weight is 389 g/mol. The molecule has 1 aromatic rings. The quantitative estimate of drug-likeness (QED) is 0.489. The zero-order valence-electron chi connectivity index (χ0n) is 12.2. The minimum absolute atomic E-state index is 0. The van der Waals surface area contributed by atoms with E-state index in [0.717, 1.165) is 25.6 Å². The Balaban J connectivity index is 0.00000147. The van der Waals surface area contributed by atoms with E-state index in [0.29, 0.717) is 12.0 Å². The zero-order valence-corrected chi connectivity index (χ0v) is 14.6. The maximum atomic E-state index is 4.63. The van der Waals surface area contributed by atoms with Gasteiger partial charge in [0.25, 0.3) is 0 Å². The van der Waals surface area contributed by atoms with Gasteiger partial charge in [0, 0.05) is 44.8 Å². The number of likely N-dealkylation sites (tertiary alicyclic amines) is 1. The van der Waals surface area contributed by atoms with Gasteiger partial charge in [-0.2, -0.15) is 5.10 Å². The predicted molar refractivity (Wildman–Crippen MR) is 91.7 cm³/mol. The number of rotatable bonds is 3. The summed E-state index contributed by atoms with van der Waals surface area (Å²) in [5.74, 6) is 1.70. The molecule has 0 spiro atoms. The third kappa shape index (κ3) is 3.65. The van der Waals surface area contributed by atoms with Gasteiger partial charge in [-0.3, -0.25) is 9.67 Å². The Labute approximate surface area is 137 Å². The van der Waals surface area contributed by atoms with E-state index in [1.807, 2.05) is 17.9 Å². The Morgan fingerprint density at radius 2 is 2.25 bits per heavy atom. The Morgan fingerprint density at radius 3 is 2.85 bits per heavy atom. The summed E-state index contributed by atoms with van der Waals surface area (Å²) in [4.78, 5) is 7.03. The number of hydrogen-bond donors (Lipinski definition) is 1. The van der Waals surface area contributed by atoms with Crippen molar-refractivity contribution in [2.45, 2.75) is 38.1 Å². The van der Waals surface area contributed by atoms with E-state index in [1.54, 1.807) is 0 Å². The summed E-state index contributed by atoms with van der Waals surface area (Å²) in [6, 6.07) is 0.669. The molecule has 2 aliphatic rings. The molecule has 1 N–H and O–H groups in total. The van der Waals surface area contributed by atoms with E-state index < -0.39 is 0 Å². The Kier molecular flexibility index (Phi) is 5.29. The summed E-state index contributed by atoms with van der Waals surface area (Å²) >= 11 is 0. The SMILES string of the molecule is CCN=C(NC1CC1)N1CCC(c2cnn(C)c2)C1.I. The standard InChI is InChI=1S/C14H23N5.HI/c1-3-15-14(17-13-4-5-13)19-7-6-11(10-19)12-8-16-18(2)9-12;/h8-9,11,13H,3-7,10H2,1-2H3,(H,15,17);1H. The number of halogens is 1. The van der Waals surface area contributed by atoms with Gasteiger partial charge in [0.2, 0.25) is 0 Å². The molecule has 1 saturated heterocycles. The number of nitrogens with one attached hydrogen (secondary N) is 1. The molecule has 3 rings (SSSR count). The van der Waals surface area contributed by atoms with Gasteiger partial charge in [-0.25, -0.2) is 0 Å². The fourth-order valence-electron chi connectivity index (χ4n) is 2.67. The van der Waals surface area contributed by atoms with Crippen LogP contribution in [0.4, 0.5) is 0 Å². The van der Waals surface area contributed by atoms with Gasteiger partial charge >= 0.3 is 0 Å². The summed E-state index contributed by atoms with van der Waals surface area (Å²) in [5, 5.41) is 7.84. The first-order valence-corrected chi connectivity index (χ1v) is 7.30. The smallest absolute Gasteiger partial charge is 0.194 e. The first-order chi connectivity index (χ1) is 9.26. The number of nitrogens with zero attached hydrogens (tertiary/aromatic N) is 4. The van der Waals surface area contributed by atoms with Crippen molar-refractivity contribution in [3.63, 3.8) is 0 Å². The minimum Gasteiger partial charge on any atom is -0.354 e. The summed E-state index contributed by atoms with van der Waals surface area (Å²) < 4.78 is 1.89. The molecule has 2 fully saturated rings. The van der Waals surface area contributed by atoms with Crippen LogP contribution in [0.3, 0.4) is 0 Å². The molecule has 1 saturated carbocycles. The molecule has 0 aromatic carbocycles. The maximum absolute atomic E-state index is 4.63. The van der Waals surface area contributed by atoms with Crippen molar-refractivity contribution < 1.29 is 0 Å². The molecule has 20 heavy (non-hydrogen) atoms. The summed E-state index contributed by atoms with van der Waals surface area (Å²) in [6.07, 6.45) is 7.92. The molecule has 5 nitrogen and oxygen atoms in total. The van der Waals surface area contributed by atoms with E-state index in [4.69, 9.17) is 0 Å². The molecule has 0 amide bonds. The first kappa shape index (κ1) is 15.6. The second-order valence-corrected chi connectivity index (χ2v) is 5.60. The Hall–Kier alpha value is -0.790. The van der Waals surface area contributed by atoms with Crippen LogP contribution in [-0.4, -0.2) is 46.3 Å². The van der Waals surface area contributed by atoms with Crippen molar-refractivity contribution in [3.05, 3.63) is 18.0 Å². The van der Waals surface area contributed by atoms with E-state index in [2.05, 4.69) is 33.4 Å². The maximum Gasteiger partial charge on any atom is 0.194 e. The lowest BCUT2D eigenvalue weighted by atomic mass is 10.0. The molecule has 6 heteroatoms. The second kappa shape index (κ2) is 6.78. The fraction of sp³-hybridized carbons (Fsp3) is 0.714. The highest BCUT2D eigenvalue weighted by atomic mass is 127. The highest BCUT2D eigenvalue weighted by Crippen LogP contribution is 2.27. The van der Waals surface area contributed by atoms with Crippen LogP contribution in [0.2, 0.25) is 0 Å². The largest absolute Gasteiger partial charge is 0.354 e. The number of aromatic nitrogens is 2. The molecule has 1 aromatic heterocycles. The van der Waals surface area contributed by atoms with Crippen LogP contribution in [0, 0.1) is 0 Å². The van der Waals surface area contributed by atoms with Crippen molar-refractivity contribution in [2.75, 3.05) is 19.6 Å². The Bertz CT molecular complexity index is 466. The van der Waals surface area contributed by atoms with Crippen LogP contribution in [0.25, 0.3) is 0 Å². The fourth-order valence-corrected chi connectivity index (χ4v) is 2.67. The van der Waals surface area contributed by atoms with Crippen molar-refractivity contribution in [1.29, 1.82) is 0 Å². The molecule has 1 unspecified atom stereocenters. The van der Waals surface area contributed by atoms with Crippen LogP contribution in [-0.2, 0) is 7.05 Å². The molecule has 112 valence electrons. The molecule has 0 radical (unpaired) electrons. The summed E-state index contributed by atoms with van der Waals surface area (Å²) in [5.41, 5.74) is 1.35. The first-order valence-electron chi connectivity index (χ1n) is 7.30. The van der Waals surface area contributed by atoms with Crippen molar-refractivity contribution in [1.82, 2.24) is 20.0 Å². The molecule has 1 atom stereocenters. The molecule has 1 aliphatic carbocycles. The van der Waals surface area contributed by atoms with Crippen LogP contribution >= 0.6 is 24.0 Å². The third-order valence-electron chi connectivity index (χ3n) is 3.90.